The summed E-state index contributed by atoms with van der Waals surface area (Å²) in [4.78, 5) is 0.0640. The fraction of sp³-hybridized carbons (Fsp3) is 0.727. The van der Waals surface area contributed by atoms with Crippen LogP contribution in [-0.2, 0) is 16.5 Å². The van der Waals surface area contributed by atoms with Crippen LogP contribution in [0.15, 0.2) is 23.1 Å². The molecule has 150 valence electrons. The molecule has 0 heterocycles. The molecule has 0 unspecified atom stereocenters. The van der Waals surface area contributed by atoms with Crippen molar-refractivity contribution in [2.45, 2.75) is 90.9 Å². The van der Waals surface area contributed by atoms with E-state index >= 15 is 0 Å². The maximum atomic E-state index is 11.5. The van der Waals surface area contributed by atoms with E-state index in [2.05, 4.69) is 27.7 Å². The van der Waals surface area contributed by atoms with E-state index in [1.165, 1.54) is 44.6 Å². The largest absolute Gasteiger partial charge is 0.294 e. The van der Waals surface area contributed by atoms with Crippen LogP contribution < -0.4 is 0 Å². The molecular formula is C22H38O3S. The first-order chi connectivity index (χ1) is 12.1. The van der Waals surface area contributed by atoms with Gasteiger partial charge >= 0.3 is 0 Å². The normalized spacial score (nSPS) is 14.6. The van der Waals surface area contributed by atoms with Crippen LogP contribution in [0.1, 0.15) is 83.8 Å². The Morgan fingerprint density at radius 1 is 0.885 bits per heavy atom. The molecule has 0 amide bonds. The molecule has 0 spiro atoms. The Morgan fingerprint density at radius 2 is 1.42 bits per heavy atom. The second-order valence-corrected chi connectivity index (χ2v) is 9.98. The molecule has 1 aromatic carbocycles. The van der Waals surface area contributed by atoms with Gasteiger partial charge in [0.15, 0.2) is 0 Å². The van der Waals surface area contributed by atoms with Gasteiger partial charge in [-0.1, -0.05) is 83.9 Å². The highest BCUT2D eigenvalue weighted by atomic mass is 32.2. The summed E-state index contributed by atoms with van der Waals surface area (Å²) in [7, 11) is -4.14. The predicted molar refractivity (Wildman–Crippen MR) is 110 cm³/mol. The number of aryl methyl sites for hydroxylation is 2. The van der Waals surface area contributed by atoms with Gasteiger partial charge < -0.3 is 0 Å². The molecule has 3 nitrogen and oxygen atoms in total. The molecule has 0 aromatic heterocycles. The van der Waals surface area contributed by atoms with Crippen LogP contribution >= 0.6 is 0 Å². The zero-order valence-electron chi connectivity index (χ0n) is 17.3. The molecular weight excluding hydrogens is 344 g/mol. The zero-order chi connectivity index (χ0) is 19.7. The average molecular weight is 383 g/mol. The lowest BCUT2D eigenvalue weighted by Gasteiger charge is -2.16. The topological polar surface area (TPSA) is 54.4 Å². The van der Waals surface area contributed by atoms with E-state index in [-0.39, 0.29) is 4.90 Å². The molecule has 0 saturated carbocycles. The monoisotopic (exact) mass is 382 g/mol. The molecule has 0 radical (unpaired) electrons. The summed E-state index contributed by atoms with van der Waals surface area (Å²) in [6.07, 6.45) is 9.34. The van der Waals surface area contributed by atoms with Crippen LogP contribution in [0, 0.1) is 24.7 Å². The Kier molecular flexibility index (Phi) is 9.88. The van der Waals surface area contributed by atoms with E-state index in [0.29, 0.717) is 12.3 Å². The summed E-state index contributed by atoms with van der Waals surface area (Å²) in [6, 6.07) is 5.13. The van der Waals surface area contributed by atoms with Crippen molar-refractivity contribution in [1.29, 1.82) is 0 Å². The summed E-state index contributed by atoms with van der Waals surface area (Å²) in [5.74, 6) is 2.16. The fourth-order valence-electron chi connectivity index (χ4n) is 3.54. The SMILES string of the molecule is Cc1ccc(S(=O)(=O)O)c(CC[C@H](C)CCC[C@H](C)CCCC(C)C)c1. The van der Waals surface area contributed by atoms with E-state index in [1.807, 2.05) is 13.0 Å². The van der Waals surface area contributed by atoms with Crippen LogP contribution in [0.2, 0.25) is 0 Å². The van der Waals surface area contributed by atoms with Gasteiger partial charge in [-0.3, -0.25) is 4.55 Å². The zero-order valence-corrected chi connectivity index (χ0v) is 18.1. The highest BCUT2D eigenvalue weighted by Gasteiger charge is 2.16. The lowest BCUT2D eigenvalue weighted by molar-refractivity contribution is 0.392. The van der Waals surface area contributed by atoms with Crippen molar-refractivity contribution in [3.05, 3.63) is 29.3 Å². The molecule has 26 heavy (non-hydrogen) atoms. The third kappa shape index (κ3) is 9.18. The Balaban J connectivity index is 2.39. The van der Waals surface area contributed by atoms with Gasteiger partial charge in [-0.25, -0.2) is 0 Å². The van der Waals surface area contributed by atoms with E-state index in [9.17, 15) is 13.0 Å². The molecule has 0 aliphatic rings. The minimum atomic E-state index is -4.14. The van der Waals surface area contributed by atoms with Gasteiger partial charge in [-0.05, 0) is 49.1 Å². The minimum absolute atomic E-state index is 0.0640. The molecule has 0 saturated heterocycles. The second kappa shape index (κ2) is 11.1. The molecule has 2 atom stereocenters. The summed E-state index contributed by atoms with van der Waals surface area (Å²) in [5, 5.41) is 0. The summed E-state index contributed by atoms with van der Waals surface area (Å²) < 4.78 is 32.5. The highest BCUT2D eigenvalue weighted by molar-refractivity contribution is 7.85. The molecule has 0 fully saturated rings. The lowest BCUT2D eigenvalue weighted by atomic mass is 9.91. The molecule has 1 aromatic rings. The van der Waals surface area contributed by atoms with E-state index in [4.69, 9.17) is 0 Å². The summed E-state index contributed by atoms with van der Waals surface area (Å²) in [5.41, 5.74) is 1.76. The third-order valence-electron chi connectivity index (χ3n) is 5.27. The maximum Gasteiger partial charge on any atom is 0.294 e. The minimum Gasteiger partial charge on any atom is -0.282 e. The molecule has 1 N–H and O–H groups in total. The van der Waals surface area contributed by atoms with Gasteiger partial charge in [0.05, 0.1) is 4.90 Å². The van der Waals surface area contributed by atoms with Gasteiger partial charge in [-0.15, -0.1) is 0 Å². The Morgan fingerprint density at radius 3 is 1.96 bits per heavy atom. The van der Waals surface area contributed by atoms with Crippen molar-refractivity contribution in [2.24, 2.45) is 17.8 Å². The van der Waals surface area contributed by atoms with Gasteiger partial charge in [0.2, 0.25) is 0 Å². The fourth-order valence-corrected chi connectivity index (χ4v) is 4.27. The summed E-state index contributed by atoms with van der Waals surface area (Å²) >= 11 is 0. The van der Waals surface area contributed by atoms with Crippen molar-refractivity contribution in [2.75, 3.05) is 0 Å². The predicted octanol–water partition coefficient (Wildman–Crippen LogP) is 6.44. The Bertz CT molecular complexity index is 635. The number of hydrogen-bond donors (Lipinski definition) is 1. The smallest absolute Gasteiger partial charge is 0.282 e. The molecule has 0 bridgehead atoms. The average Bonchev–Trinajstić information content (AvgIpc) is 2.51. The number of benzene rings is 1. The van der Waals surface area contributed by atoms with Crippen LogP contribution in [0.25, 0.3) is 0 Å². The third-order valence-corrected chi connectivity index (χ3v) is 6.23. The van der Waals surface area contributed by atoms with Crippen LogP contribution in [0.3, 0.4) is 0 Å². The quantitative estimate of drug-likeness (QED) is 0.423. The first-order valence-electron chi connectivity index (χ1n) is 10.2. The summed E-state index contributed by atoms with van der Waals surface area (Å²) in [6.45, 7) is 11.1. The molecule has 0 aliphatic carbocycles. The first kappa shape index (κ1) is 23.2. The Labute approximate surface area is 161 Å². The first-order valence-corrected chi connectivity index (χ1v) is 11.6. The molecule has 1 rings (SSSR count). The van der Waals surface area contributed by atoms with Gasteiger partial charge in [-0.2, -0.15) is 8.42 Å². The standard InChI is InChI=1S/C22H38O3S/c1-17(2)8-6-9-18(3)10-7-11-19(4)12-14-21-16-20(5)13-15-22(21)26(23,24)25/h13,15-19H,6-12,14H2,1-5H3,(H,23,24,25)/t18-,19-/m1/s1. The lowest BCUT2D eigenvalue weighted by Crippen LogP contribution is -2.06. The van der Waals surface area contributed by atoms with Crippen molar-refractivity contribution < 1.29 is 13.0 Å². The van der Waals surface area contributed by atoms with Gasteiger partial charge in [0, 0.05) is 0 Å². The van der Waals surface area contributed by atoms with E-state index in [1.54, 1.807) is 6.07 Å². The molecule has 0 aliphatic heterocycles. The van der Waals surface area contributed by atoms with Crippen molar-refractivity contribution >= 4 is 10.1 Å². The number of rotatable bonds is 12. The van der Waals surface area contributed by atoms with Crippen LogP contribution in [-0.4, -0.2) is 13.0 Å². The van der Waals surface area contributed by atoms with Crippen molar-refractivity contribution in [3.8, 4) is 0 Å². The van der Waals surface area contributed by atoms with E-state index < -0.39 is 10.1 Å². The number of hydrogen-bond acceptors (Lipinski definition) is 2. The van der Waals surface area contributed by atoms with Crippen LogP contribution in [0.5, 0.6) is 0 Å². The second-order valence-electron chi connectivity index (χ2n) is 8.59. The maximum absolute atomic E-state index is 11.5. The highest BCUT2D eigenvalue weighted by Crippen LogP contribution is 2.24. The van der Waals surface area contributed by atoms with Crippen molar-refractivity contribution in [3.63, 3.8) is 0 Å². The van der Waals surface area contributed by atoms with Crippen LogP contribution in [0.4, 0.5) is 0 Å². The Hall–Kier alpha value is -0.870. The van der Waals surface area contributed by atoms with E-state index in [0.717, 1.165) is 29.4 Å². The van der Waals surface area contributed by atoms with Gasteiger partial charge in [0.25, 0.3) is 10.1 Å². The van der Waals surface area contributed by atoms with Crippen molar-refractivity contribution in [1.82, 2.24) is 0 Å². The molecule has 4 heteroatoms. The van der Waals surface area contributed by atoms with Gasteiger partial charge in [0.1, 0.15) is 0 Å².